The standard InChI is InChI=1S/C16H19N5S/c1-10-6-11(2)14-12(7-10)8-13(9-17)15(21-14)19-4-5-20-16(22)18-3/h6-8H,4-5H2,1-3H3,(H,19,21)(H2,18,20,22). The molecule has 0 aliphatic heterocycles. The van der Waals surface area contributed by atoms with Gasteiger partial charge in [0.15, 0.2) is 5.11 Å². The number of pyridine rings is 1. The molecule has 1 aromatic heterocycles. The lowest BCUT2D eigenvalue weighted by Crippen LogP contribution is -2.35. The molecule has 0 atom stereocenters. The second kappa shape index (κ2) is 7.05. The van der Waals surface area contributed by atoms with Gasteiger partial charge in [-0.05, 0) is 43.8 Å². The van der Waals surface area contributed by atoms with Gasteiger partial charge in [-0.25, -0.2) is 4.98 Å². The van der Waals surface area contributed by atoms with Crippen LogP contribution in [0, 0.1) is 25.2 Å². The van der Waals surface area contributed by atoms with Crippen molar-refractivity contribution in [3.8, 4) is 6.07 Å². The first-order valence-corrected chi connectivity index (χ1v) is 7.47. The summed E-state index contributed by atoms with van der Waals surface area (Å²) in [5, 5.41) is 20.0. The molecule has 0 aliphatic rings. The first-order chi connectivity index (χ1) is 10.5. The maximum Gasteiger partial charge on any atom is 0.166 e. The molecule has 0 spiro atoms. The molecule has 0 unspecified atom stereocenters. The van der Waals surface area contributed by atoms with Gasteiger partial charge in [-0.1, -0.05) is 11.6 Å². The van der Waals surface area contributed by atoms with Crippen molar-refractivity contribution in [3.05, 3.63) is 34.9 Å². The number of fused-ring (bicyclic) bond motifs is 1. The molecular formula is C16H19N5S. The average molecular weight is 313 g/mol. The van der Waals surface area contributed by atoms with Crippen molar-refractivity contribution in [2.45, 2.75) is 13.8 Å². The first kappa shape index (κ1) is 16.0. The van der Waals surface area contributed by atoms with Gasteiger partial charge in [-0.15, -0.1) is 0 Å². The SMILES string of the molecule is CNC(=S)NCCNc1nc2c(C)cc(C)cc2cc1C#N. The normalized spacial score (nSPS) is 10.1. The fourth-order valence-electron chi connectivity index (χ4n) is 2.32. The number of nitriles is 1. The van der Waals surface area contributed by atoms with Crippen LogP contribution in [-0.2, 0) is 0 Å². The van der Waals surface area contributed by atoms with Crippen molar-refractivity contribution in [2.75, 3.05) is 25.5 Å². The highest BCUT2D eigenvalue weighted by atomic mass is 32.1. The topological polar surface area (TPSA) is 72.8 Å². The van der Waals surface area contributed by atoms with Crippen LogP contribution < -0.4 is 16.0 Å². The molecule has 22 heavy (non-hydrogen) atoms. The van der Waals surface area contributed by atoms with Crippen molar-refractivity contribution in [1.82, 2.24) is 15.6 Å². The van der Waals surface area contributed by atoms with E-state index in [1.807, 2.05) is 26.0 Å². The Labute approximate surface area is 135 Å². The zero-order chi connectivity index (χ0) is 16.1. The molecule has 1 aromatic carbocycles. The molecule has 0 bridgehead atoms. The van der Waals surface area contributed by atoms with E-state index >= 15 is 0 Å². The predicted molar refractivity (Wildman–Crippen MR) is 94.1 cm³/mol. The number of hydrogen-bond acceptors (Lipinski definition) is 4. The summed E-state index contributed by atoms with van der Waals surface area (Å²) in [6.07, 6.45) is 0. The van der Waals surface area contributed by atoms with E-state index in [0.29, 0.717) is 29.6 Å². The van der Waals surface area contributed by atoms with Gasteiger partial charge in [0.05, 0.1) is 11.1 Å². The zero-order valence-electron chi connectivity index (χ0n) is 12.9. The Hall–Kier alpha value is -2.39. The van der Waals surface area contributed by atoms with E-state index in [9.17, 15) is 5.26 Å². The minimum atomic E-state index is 0.550. The molecule has 0 amide bonds. The molecule has 1 heterocycles. The molecule has 0 saturated carbocycles. The summed E-state index contributed by atoms with van der Waals surface area (Å²) in [6, 6.07) is 8.23. The van der Waals surface area contributed by atoms with Gasteiger partial charge in [0.25, 0.3) is 0 Å². The smallest absolute Gasteiger partial charge is 0.166 e. The van der Waals surface area contributed by atoms with Crippen LogP contribution in [0.1, 0.15) is 16.7 Å². The van der Waals surface area contributed by atoms with Crippen molar-refractivity contribution in [1.29, 1.82) is 5.26 Å². The summed E-state index contributed by atoms with van der Waals surface area (Å²) in [6.45, 7) is 5.35. The van der Waals surface area contributed by atoms with E-state index < -0.39 is 0 Å². The Morgan fingerprint density at radius 1 is 1.27 bits per heavy atom. The molecule has 2 rings (SSSR count). The number of aromatic nitrogens is 1. The molecule has 6 heteroatoms. The van der Waals surface area contributed by atoms with Crippen LogP contribution in [0.25, 0.3) is 10.9 Å². The minimum absolute atomic E-state index is 0.550. The quantitative estimate of drug-likeness (QED) is 0.594. The summed E-state index contributed by atoms with van der Waals surface area (Å²) in [4.78, 5) is 4.61. The van der Waals surface area contributed by atoms with Crippen LogP contribution in [-0.4, -0.2) is 30.2 Å². The van der Waals surface area contributed by atoms with Crippen LogP contribution in [0.15, 0.2) is 18.2 Å². The Balaban J connectivity index is 2.22. The Kier molecular flexibility index (Phi) is 5.12. The van der Waals surface area contributed by atoms with Crippen molar-refractivity contribution < 1.29 is 0 Å². The Bertz CT molecular complexity index is 748. The van der Waals surface area contributed by atoms with Crippen LogP contribution in [0.5, 0.6) is 0 Å². The highest BCUT2D eigenvalue weighted by Crippen LogP contribution is 2.23. The molecule has 114 valence electrons. The lowest BCUT2D eigenvalue weighted by molar-refractivity contribution is 0.883. The predicted octanol–water partition coefficient (Wildman–Crippen LogP) is 2.23. The number of thiocarbonyl (C=S) groups is 1. The van der Waals surface area contributed by atoms with Crippen molar-refractivity contribution in [3.63, 3.8) is 0 Å². The van der Waals surface area contributed by atoms with E-state index in [1.165, 1.54) is 5.56 Å². The van der Waals surface area contributed by atoms with E-state index in [2.05, 4.69) is 33.1 Å². The number of benzene rings is 1. The third-order valence-electron chi connectivity index (χ3n) is 3.30. The number of rotatable bonds is 4. The lowest BCUT2D eigenvalue weighted by Gasteiger charge is -2.12. The van der Waals surface area contributed by atoms with Gasteiger partial charge in [0.1, 0.15) is 11.9 Å². The van der Waals surface area contributed by atoms with Gasteiger partial charge in [-0.3, -0.25) is 0 Å². The fourth-order valence-corrected chi connectivity index (χ4v) is 2.42. The molecule has 2 aromatic rings. The van der Waals surface area contributed by atoms with Crippen molar-refractivity contribution in [2.24, 2.45) is 0 Å². The van der Waals surface area contributed by atoms with E-state index in [0.717, 1.165) is 16.5 Å². The van der Waals surface area contributed by atoms with Crippen molar-refractivity contribution >= 4 is 34.1 Å². The number of nitrogens with zero attached hydrogens (tertiary/aromatic N) is 2. The summed E-state index contributed by atoms with van der Waals surface area (Å²) >= 11 is 5.01. The average Bonchev–Trinajstić information content (AvgIpc) is 2.50. The molecule has 5 nitrogen and oxygen atoms in total. The molecule has 0 aliphatic carbocycles. The van der Waals surface area contributed by atoms with Gasteiger partial charge < -0.3 is 16.0 Å². The van der Waals surface area contributed by atoms with Crippen LogP contribution in [0.4, 0.5) is 5.82 Å². The molecule has 0 radical (unpaired) electrons. The third kappa shape index (κ3) is 3.62. The highest BCUT2D eigenvalue weighted by molar-refractivity contribution is 7.80. The minimum Gasteiger partial charge on any atom is -0.367 e. The number of anilines is 1. The third-order valence-corrected chi connectivity index (χ3v) is 3.65. The van der Waals surface area contributed by atoms with Crippen LogP contribution in [0.2, 0.25) is 0 Å². The summed E-state index contributed by atoms with van der Waals surface area (Å²) in [5.41, 5.74) is 3.75. The van der Waals surface area contributed by atoms with Gasteiger partial charge >= 0.3 is 0 Å². The van der Waals surface area contributed by atoms with Crippen LogP contribution >= 0.6 is 12.2 Å². The molecule has 0 fully saturated rings. The first-order valence-electron chi connectivity index (χ1n) is 7.06. The molecular weight excluding hydrogens is 294 g/mol. The zero-order valence-corrected chi connectivity index (χ0v) is 13.8. The van der Waals surface area contributed by atoms with Crippen LogP contribution in [0.3, 0.4) is 0 Å². The monoisotopic (exact) mass is 313 g/mol. The lowest BCUT2D eigenvalue weighted by atomic mass is 10.1. The maximum atomic E-state index is 9.32. The molecule has 0 saturated heterocycles. The van der Waals surface area contributed by atoms with Gasteiger partial charge in [0, 0.05) is 25.5 Å². The number of aryl methyl sites for hydroxylation is 2. The van der Waals surface area contributed by atoms with E-state index in [4.69, 9.17) is 12.2 Å². The maximum absolute atomic E-state index is 9.32. The fraction of sp³-hybridized carbons (Fsp3) is 0.312. The van der Waals surface area contributed by atoms with E-state index in [1.54, 1.807) is 7.05 Å². The number of nitrogens with one attached hydrogen (secondary N) is 3. The number of hydrogen-bond donors (Lipinski definition) is 3. The summed E-state index contributed by atoms with van der Waals surface area (Å²) in [5.74, 6) is 0.610. The second-order valence-corrected chi connectivity index (χ2v) is 5.49. The summed E-state index contributed by atoms with van der Waals surface area (Å²) in [7, 11) is 1.77. The Morgan fingerprint density at radius 3 is 2.73 bits per heavy atom. The van der Waals surface area contributed by atoms with Gasteiger partial charge in [-0.2, -0.15) is 5.26 Å². The largest absolute Gasteiger partial charge is 0.367 e. The Morgan fingerprint density at radius 2 is 2.05 bits per heavy atom. The second-order valence-electron chi connectivity index (χ2n) is 5.08. The highest BCUT2D eigenvalue weighted by Gasteiger charge is 2.08. The molecule has 3 N–H and O–H groups in total. The summed E-state index contributed by atoms with van der Waals surface area (Å²) < 4.78 is 0. The van der Waals surface area contributed by atoms with E-state index in [-0.39, 0.29) is 0 Å². The van der Waals surface area contributed by atoms with Gasteiger partial charge in [0.2, 0.25) is 0 Å².